The number of rotatable bonds is 7. The summed E-state index contributed by atoms with van der Waals surface area (Å²) in [6.45, 7) is 3.97. The molecule has 6 nitrogen and oxygen atoms in total. The van der Waals surface area contributed by atoms with Crippen LogP contribution in [0.4, 0.5) is 11.4 Å². The molecule has 0 fully saturated rings. The summed E-state index contributed by atoms with van der Waals surface area (Å²) in [4.78, 5) is 12.4. The van der Waals surface area contributed by atoms with Gasteiger partial charge in [0.1, 0.15) is 12.4 Å². The van der Waals surface area contributed by atoms with Gasteiger partial charge < -0.3 is 10.1 Å². The largest absolute Gasteiger partial charge is 0.490 e. The Hall–Kier alpha value is -2.80. The number of ether oxygens (including phenoxy) is 1. The summed E-state index contributed by atoms with van der Waals surface area (Å²) < 4.78 is 30.5. The molecule has 0 saturated heterocycles. The lowest BCUT2D eigenvalue weighted by atomic mass is 10.1. The third-order valence-electron chi connectivity index (χ3n) is 2.95. The number of para-hydroxylation sites is 1. The Morgan fingerprint density at radius 2 is 1.83 bits per heavy atom. The van der Waals surface area contributed by atoms with E-state index in [4.69, 9.17) is 4.74 Å². The molecule has 0 radical (unpaired) electrons. The monoisotopic (exact) mass is 346 g/mol. The highest BCUT2D eigenvalue weighted by atomic mass is 32.2. The van der Waals surface area contributed by atoms with Crippen molar-refractivity contribution < 1.29 is 17.9 Å². The van der Waals surface area contributed by atoms with Crippen LogP contribution in [0.5, 0.6) is 5.75 Å². The normalized spacial score (nSPS) is 10.7. The van der Waals surface area contributed by atoms with E-state index < -0.39 is 15.9 Å². The van der Waals surface area contributed by atoms with Crippen LogP contribution < -0.4 is 14.8 Å². The second kappa shape index (κ2) is 7.65. The van der Waals surface area contributed by atoms with Crippen LogP contribution in [0.15, 0.2) is 61.2 Å². The minimum absolute atomic E-state index is 0.225. The van der Waals surface area contributed by atoms with Gasteiger partial charge in [0.15, 0.2) is 0 Å². The summed E-state index contributed by atoms with van der Waals surface area (Å²) in [6, 6.07) is 13.2. The SMILES string of the molecule is C=CCOc1ccc(NC(=O)c2ccccc2NS(C)(=O)=O)cc1. The van der Waals surface area contributed by atoms with Crippen molar-refractivity contribution in [2.75, 3.05) is 22.9 Å². The van der Waals surface area contributed by atoms with E-state index in [0.717, 1.165) is 6.26 Å². The van der Waals surface area contributed by atoms with Crippen molar-refractivity contribution in [3.8, 4) is 5.75 Å². The van der Waals surface area contributed by atoms with Gasteiger partial charge in [-0.25, -0.2) is 8.42 Å². The van der Waals surface area contributed by atoms with E-state index >= 15 is 0 Å². The van der Waals surface area contributed by atoms with Crippen molar-refractivity contribution >= 4 is 27.3 Å². The number of anilines is 2. The molecule has 0 saturated carbocycles. The van der Waals surface area contributed by atoms with Gasteiger partial charge in [0, 0.05) is 5.69 Å². The van der Waals surface area contributed by atoms with Gasteiger partial charge in [-0.3, -0.25) is 9.52 Å². The van der Waals surface area contributed by atoms with Crippen LogP contribution in [0, 0.1) is 0 Å². The number of nitrogens with one attached hydrogen (secondary N) is 2. The van der Waals surface area contributed by atoms with E-state index in [-0.39, 0.29) is 11.3 Å². The zero-order valence-corrected chi connectivity index (χ0v) is 14.0. The minimum atomic E-state index is -3.48. The quantitative estimate of drug-likeness (QED) is 0.755. The first-order valence-corrected chi connectivity index (χ1v) is 9.00. The molecule has 2 aromatic rings. The van der Waals surface area contributed by atoms with Gasteiger partial charge in [-0.15, -0.1) is 0 Å². The van der Waals surface area contributed by atoms with Crippen molar-refractivity contribution in [1.29, 1.82) is 0 Å². The van der Waals surface area contributed by atoms with Gasteiger partial charge in [-0.05, 0) is 36.4 Å². The number of benzene rings is 2. The highest BCUT2D eigenvalue weighted by Gasteiger charge is 2.13. The average Bonchev–Trinajstić information content (AvgIpc) is 2.53. The molecule has 0 unspecified atom stereocenters. The number of carbonyl (C=O) groups is 1. The van der Waals surface area contributed by atoms with E-state index in [1.54, 1.807) is 48.5 Å². The predicted molar refractivity (Wildman–Crippen MR) is 95.0 cm³/mol. The molecule has 0 aliphatic heterocycles. The second-order valence-corrected chi connectivity index (χ2v) is 6.75. The Labute approximate surface area is 141 Å². The van der Waals surface area contributed by atoms with E-state index in [1.807, 2.05) is 0 Å². The van der Waals surface area contributed by atoms with Gasteiger partial charge in [0.25, 0.3) is 5.91 Å². The van der Waals surface area contributed by atoms with E-state index in [1.165, 1.54) is 6.07 Å². The molecular formula is C17H18N2O4S. The third-order valence-corrected chi connectivity index (χ3v) is 3.54. The lowest BCUT2D eigenvalue weighted by molar-refractivity contribution is 0.102. The van der Waals surface area contributed by atoms with Crippen LogP contribution >= 0.6 is 0 Å². The van der Waals surface area contributed by atoms with Gasteiger partial charge in [-0.2, -0.15) is 0 Å². The Morgan fingerprint density at radius 1 is 1.17 bits per heavy atom. The molecule has 0 heterocycles. The summed E-state index contributed by atoms with van der Waals surface area (Å²) in [6.07, 6.45) is 2.67. The molecule has 7 heteroatoms. The molecule has 2 rings (SSSR count). The standard InChI is InChI=1S/C17H18N2O4S/c1-3-12-23-14-10-8-13(9-11-14)18-17(20)15-6-4-5-7-16(15)19-24(2,21)22/h3-11,19H,1,12H2,2H3,(H,18,20). The van der Waals surface area contributed by atoms with Crippen LogP contribution in [-0.4, -0.2) is 27.2 Å². The van der Waals surface area contributed by atoms with Crippen molar-refractivity contribution in [3.05, 3.63) is 66.7 Å². The van der Waals surface area contributed by atoms with Crippen LogP contribution in [0.25, 0.3) is 0 Å². The highest BCUT2D eigenvalue weighted by Crippen LogP contribution is 2.20. The molecule has 0 atom stereocenters. The van der Waals surface area contributed by atoms with Crippen LogP contribution in [0.2, 0.25) is 0 Å². The topological polar surface area (TPSA) is 84.5 Å². The zero-order chi connectivity index (χ0) is 17.6. The number of sulfonamides is 1. The smallest absolute Gasteiger partial charge is 0.257 e. The first kappa shape index (κ1) is 17.6. The molecule has 0 aliphatic carbocycles. The molecule has 126 valence electrons. The Balaban J connectivity index is 2.14. The first-order valence-electron chi connectivity index (χ1n) is 7.11. The lowest BCUT2D eigenvalue weighted by Gasteiger charge is -2.11. The maximum Gasteiger partial charge on any atom is 0.257 e. The van der Waals surface area contributed by atoms with Gasteiger partial charge >= 0.3 is 0 Å². The molecule has 2 aromatic carbocycles. The van der Waals surface area contributed by atoms with E-state index in [0.29, 0.717) is 18.0 Å². The van der Waals surface area contributed by atoms with Crippen molar-refractivity contribution in [1.82, 2.24) is 0 Å². The predicted octanol–water partition coefficient (Wildman–Crippen LogP) is 2.88. The molecule has 0 spiro atoms. The van der Waals surface area contributed by atoms with Crippen molar-refractivity contribution in [2.24, 2.45) is 0 Å². The molecular weight excluding hydrogens is 328 g/mol. The molecule has 0 bridgehead atoms. The lowest BCUT2D eigenvalue weighted by Crippen LogP contribution is -2.17. The molecule has 0 aromatic heterocycles. The maximum absolute atomic E-state index is 12.4. The van der Waals surface area contributed by atoms with Gasteiger partial charge in [-0.1, -0.05) is 24.8 Å². The van der Waals surface area contributed by atoms with Gasteiger partial charge in [0.2, 0.25) is 10.0 Å². The number of hydrogen-bond acceptors (Lipinski definition) is 4. The van der Waals surface area contributed by atoms with Crippen molar-refractivity contribution in [3.63, 3.8) is 0 Å². The molecule has 0 aliphatic rings. The average molecular weight is 346 g/mol. The summed E-state index contributed by atoms with van der Waals surface area (Å²) in [7, 11) is -3.48. The summed E-state index contributed by atoms with van der Waals surface area (Å²) >= 11 is 0. The first-order chi connectivity index (χ1) is 11.4. The Kier molecular flexibility index (Phi) is 5.59. The summed E-state index contributed by atoms with van der Waals surface area (Å²) in [5.74, 6) is 0.244. The number of hydrogen-bond donors (Lipinski definition) is 2. The highest BCUT2D eigenvalue weighted by molar-refractivity contribution is 7.92. The molecule has 2 N–H and O–H groups in total. The Bertz CT molecular complexity index is 830. The number of carbonyl (C=O) groups excluding carboxylic acids is 1. The molecule has 24 heavy (non-hydrogen) atoms. The van der Waals surface area contributed by atoms with Gasteiger partial charge in [0.05, 0.1) is 17.5 Å². The van der Waals surface area contributed by atoms with Crippen LogP contribution in [0.1, 0.15) is 10.4 Å². The second-order valence-electron chi connectivity index (χ2n) is 5.00. The molecule has 1 amide bonds. The van der Waals surface area contributed by atoms with E-state index in [9.17, 15) is 13.2 Å². The zero-order valence-electron chi connectivity index (χ0n) is 13.2. The third kappa shape index (κ3) is 5.13. The number of amides is 1. The van der Waals surface area contributed by atoms with Crippen molar-refractivity contribution in [2.45, 2.75) is 0 Å². The fraction of sp³-hybridized carbons (Fsp3) is 0.118. The van der Waals surface area contributed by atoms with Crippen LogP contribution in [-0.2, 0) is 10.0 Å². The fourth-order valence-electron chi connectivity index (χ4n) is 1.96. The summed E-state index contributed by atoms with van der Waals surface area (Å²) in [5.41, 5.74) is 1.03. The minimum Gasteiger partial charge on any atom is -0.490 e. The van der Waals surface area contributed by atoms with Crippen LogP contribution in [0.3, 0.4) is 0 Å². The summed E-state index contributed by atoms with van der Waals surface area (Å²) in [5, 5.41) is 2.72. The fourth-order valence-corrected chi connectivity index (χ4v) is 2.54. The van der Waals surface area contributed by atoms with E-state index in [2.05, 4.69) is 16.6 Å². The maximum atomic E-state index is 12.4. The Morgan fingerprint density at radius 3 is 2.46 bits per heavy atom.